The van der Waals surface area contributed by atoms with Gasteiger partial charge in [0.05, 0.1) is 6.61 Å². The lowest BCUT2D eigenvalue weighted by Crippen LogP contribution is -2.39. The smallest absolute Gasteiger partial charge is 0.222 e. The lowest BCUT2D eigenvalue weighted by atomic mass is 9.96. The fourth-order valence-electron chi connectivity index (χ4n) is 3.48. The first kappa shape index (κ1) is 17.5. The highest BCUT2D eigenvalue weighted by molar-refractivity contribution is 5.76. The van der Waals surface area contributed by atoms with Crippen molar-refractivity contribution in [2.75, 3.05) is 19.7 Å². The summed E-state index contributed by atoms with van der Waals surface area (Å²) in [6.07, 6.45) is 5.01. The van der Waals surface area contributed by atoms with E-state index >= 15 is 0 Å². The molecular weight excluding hydrogens is 316 g/mol. The quantitative estimate of drug-likeness (QED) is 0.809. The molecule has 0 N–H and O–H groups in total. The third-order valence-electron chi connectivity index (χ3n) is 4.77. The van der Waals surface area contributed by atoms with Crippen LogP contribution in [0.15, 0.2) is 30.6 Å². The molecular formula is C19H26N4O2. The number of piperidine rings is 1. The van der Waals surface area contributed by atoms with Gasteiger partial charge in [0.15, 0.2) is 0 Å². The fourth-order valence-corrected chi connectivity index (χ4v) is 3.48. The zero-order valence-electron chi connectivity index (χ0n) is 15.0. The number of amides is 1. The predicted octanol–water partition coefficient (Wildman–Crippen LogP) is 2.55. The minimum absolute atomic E-state index is 0.207. The van der Waals surface area contributed by atoms with Crippen LogP contribution in [0.1, 0.15) is 43.5 Å². The standard InChI is InChI=1S/C19H26N4O2/c1-3-25-17-9-5-4-7-15(17)10-11-18(24)23-12-6-8-16(13-23)19-21-20-14-22(19)2/h4-5,7,9,14,16H,3,6,8,10-13H2,1-2H3/t16-/m1/s1. The van der Waals surface area contributed by atoms with Crippen LogP contribution < -0.4 is 4.74 Å². The molecule has 134 valence electrons. The molecule has 1 aromatic carbocycles. The monoisotopic (exact) mass is 342 g/mol. The summed E-state index contributed by atoms with van der Waals surface area (Å²) in [4.78, 5) is 14.7. The SMILES string of the molecule is CCOc1ccccc1CCC(=O)N1CCC[C@@H](c2nncn2C)C1. The molecule has 1 aromatic heterocycles. The van der Waals surface area contributed by atoms with Crippen molar-refractivity contribution >= 4 is 5.91 Å². The largest absolute Gasteiger partial charge is 0.494 e. The van der Waals surface area contributed by atoms with Gasteiger partial charge in [-0.2, -0.15) is 0 Å². The Morgan fingerprint density at radius 3 is 2.96 bits per heavy atom. The maximum absolute atomic E-state index is 12.7. The first-order valence-electron chi connectivity index (χ1n) is 9.01. The van der Waals surface area contributed by atoms with Crippen molar-refractivity contribution in [1.82, 2.24) is 19.7 Å². The highest BCUT2D eigenvalue weighted by Gasteiger charge is 2.27. The van der Waals surface area contributed by atoms with E-state index in [1.54, 1.807) is 6.33 Å². The number of hydrogen-bond acceptors (Lipinski definition) is 4. The first-order valence-corrected chi connectivity index (χ1v) is 9.01. The van der Waals surface area contributed by atoms with Crippen molar-refractivity contribution in [3.05, 3.63) is 42.0 Å². The number of ether oxygens (including phenoxy) is 1. The summed E-state index contributed by atoms with van der Waals surface area (Å²) in [5, 5.41) is 8.18. The lowest BCUT2D eigenvalue weighted by Gasteiger charge is -2.32. The van der Waals surface area contributed by atoms with Crippen LogP contribution in [0.25, 0.3) is 0 Å². The van der Waals surface area contributed by atoms with E-state index in [0.717, 1.165) is 43.1 Å². The number of nitrogens with zero attached hydrogens (tertiary/aromatic N) is 4. The average Bonchev–Trinajstić information content (AvgIpc) is 3.07. The second-order valence-corrected chi connectivity index (χ2v) is 6.52. The van der Waals surface area contributed by atoms with E-state index in [1.165, 1.54) is 0 Å². The number of benzene rings is 1. The Bertz CT molecular complexity index is 713. The Hall–Kier alpha value is -2.37. The van der Waals surface area contributed by atoms with Crippen LogP contribution in [0, 0.1) is 0 Å². The van der Waals surface area contributed by atoms with Crippen molar-refractivity contribution in [1.29, 1.82) is 0 Å². The number of para-hydroxylation sites is 1. The summed E-state index contributed by atoms with van der Waals surface area (Å²) >= 11 is 0. The third-order valence-corrected chi connectivity index (χ3v) is 4.77. The molecule has 0 saturated carbocycles. The summed E-state index contributed by atoms with van der Waals surface area (Å²) in [5.74, 6) is 2.34. The molecule has 6 heteroatoms. The number of aromatic nitrogens is 3. The van der Waals surface area contributed by atoms with Crippen molar-refractivity contribution in [2.45, 2.75) is 38.5 Å². The van der Waals surface area contributed by atoms with Gasteiger partial charge in [-0.3, -0.25) is 4.79 Å². The molecule has 1 atom stereocenters. The number of aryl methyl sites for hydroxylation is 2. The van der Waals surface area contributed by atoms with Crippen LogP contribution in [0.4, 0.5) is 0 Å². The number of hydrogen-bond donors (Lipinski definition) is 0. The molecule has 2 aromatic rings. The van der Waals surface area contributed by atoms with Gasteiger partial charge in [-0.1, -0.05) is 18.2 Å². The summed E-state index contributed by atoms with van der Waals surface area (Å²) in [7, 11) is 1.96. The van der Waals surface area contributed by atoms with E-state index in [2.05, 4.69) is 10.2 Å². The van der Waals surface area contributed by atoms with Gasteiger partial charge in [0.1, 0.15) is 17.9 Å². The van der Waals surface area contributed by atoms with E-state index in [0.29, 0.717) is 19.4 Å². The fraction of sp³-hybridized carbons (Fsp3) is 0.526. The van der Waals surface area contributed by atoms with E-state index in [4.69, 9.17) is 4.74 Å². The maximum atomic E-state index is 12.7. The molecule has 2 heterocycles. The van der Waals surface area contributed by atoms with Crippen molar-refractivity contribution in [3.63, 3.8) is 0 Å². The minimum Gasteiger partial charge on any atom is -0.494 e. The Morgan fingerprint density at radius 2 is 2.20 bits per heavy atom. The van der Waals surface area contributed by atoms with Gasteiger partial charge in [0, 0.05) is 32.5 Å². The Morgan fingerprint density at radius 1 is 1.36 bits per heavy atom. The van der Waals surface area contributed by atoms with E-state index in [9.17, 15) is 4.79 Å². The Kier molecular flexibility index (Phi) is 5.68. The van der Waals surface area contributed by atoms with E-state index < -0.39 is 0 Å². The summed E-state index contributed by atoms with van der Waals surface area (Å²) < 4.78 is 7.61. The molecule has 0 unspecified atom stereocenters. The summed E-state index contributed by atoms with van der Waals surface area (Å²) in [6, 6.07) is 7.96. The predicted molar refractivity (Wildman–Crippen MR) is 95.5 cm³/mol. The van der Waals surface area contributed by atoms with Gasteiger partial charge in [0.2, 0.25) is 5.91 Å². The number of carbonyl (C=O) groups excluding carboxylic acids is 1. The zero-order valence-corrected chi connectivity index (χ0v) is 15.0. The normalized spacial score (nSPS) is 17.5. The molecule has 6 nitrogen and oxygen atoms in total. The highest BCUT2D eigenvalue weighted by Crippen LogP contribution is 2.26. The van der Waals surface area contributed by atoms with Crippen molar-refractivity contribution in [3.8, 4) is 5.75 Å². The second kappa shape index (κ2) is 8.14. The van der Waals surface area contributed by atoms with Crippen LogP contribution >= 0.6 is 0 Å². The first-order chi connectivity index (χ1) is 12.2. The Labute approximate surface area is 148 Å². The molecule has 1 aliphatic heterocycles. The van der Waals surface area contributed by atoms with E-state index in [1.807, 2.05) is 47.7 Å². The minimum atomic E-state index is 0.207. The number of carbonyl (C=O) groups is 1. The van der Waals surface area contributed by atoms with Gasteiger partial charge in [-0.05, 0) is 37.8 Å². The molecule has 1 aliphatic rings. The van der Waals surface area contributed by atoms with Gasteiger partial charge in [0.25, 0.3) is 0 Å². The molecule has 0 spiro atoms. The number of rotatable bonds is 6. The van der Waals surface area contributed by atoms with Crippen molar-refractivity contribution in [2.24, 2.45) is 7.05 Å². The maximum Gasteiger partial charge on any atom is 0.222 e. The molecule has 1 amide bonds. The summed E-state index contributed by atoms with van der Waals surface area (Å²) in [5.41, 5.74) is 1.10. The van der Waals surface area contributed by atoms with Gasteiger partial charge in [-0.25, -0.2) is 0 Å². The molecule has 0 aliphatic carbocycles. The average molecular weight is 342 g/mol. The van der Waals surface area contributed by atoms with Gasteiger partial charge < -0.3 is 14.2 Å². The molecule has 0 bridgehead atoms. The molecule has 1 saturated heterocycles. The number of likely N-dealkylation sites (tertiary alicyclic amines) is 1. The van der Waals surface area contributed by atoms with Crippen LogP contribution in [0.5, 0.6) is 5.75 Å². The van der Waals surface area contributed by atoms with Crippen LogP contribution in [0.3, 0.4) is 0 Å². The lowest BCUT2D eigenvalue weighted by molar-refractivity contribution is -0.132. The Balaban J connectivity index is 1.59. The van der Waals surface area contributed by atoms with Crippen LogP contribution in [-0.4, -0.2) is 45.3 Å². The highest BCUT2D eigenvalue weighted by atomic mass is 16.5. The van der Waals surface area contributed by atoms with Crippen molar-refractivity contribution < 1.29 is 9.53 Å². The second-order valence-electron chi connectivity index (χ2n) is 6.52. The third kappa shape index (κ3) is 4.18. The van der Waals surface area contributed by atoms with Gasteiger partial charge in [-0.15, -0.1) is 10.2 Å². The molecule has 1 fully saturated rings. The zero-order chi connectivity index (χ0) is 17.6. The van der Waals surface area contributed by atoms with Gasteiger partial charge >= 0.3 is 0 Å². The van der Waals surface area contributed by atoms with Crippen LogP contribution in [0.2, 0.25) is 0 Å². The summed E-state index contributed by atoms with van der Waals surface area (Å²) in [6.45, 7) is 4.18. The van der Waals surface area contributed by atoms with Crippen LogP contribution in [-0.2, 0) is 18.3 Å². The molecule has 3 rings (SSSR count). The topological polar surface area (TPSA) is 60.2 Å². The van der Waals surface area contributed by atoms with E-state index in [-0.39, 0.29) is 11.8 Å². The molecule has 0 radical (unpaired) electrons. The molecule has 25 heavy (non-hydrogen) atoms.